The maximum atomic E-state index is 10.1. The molecule has 0 fully saturated rings. The molecule has 3 N–H and O–H groups in total. The van der Waals surface area contributed by atoms with Crippen molar-refractivity contribution in [3.8, 4) is 0 Å². The van der Waals surface area contributed by atoms with Crippen molar-refractivity contribution in [2.45, 2.75) is 18.9 Å². The van der Waals surface area contributed by atoms with E-state index < -0.39 is 6.10 Å². The molecule has 0 spiro atoms. The molecule has 3 heteroatoms. The van der Waals surface area contributed by atoms with Crippen LogP contribution in [0.2, 0.25) is 5.02 Å². The summed E-state index contributed by atoms with van der Waals surface area (Å²) in [4.78, 5) is 0. The van der Waals surface area contributed by atoms with Crippen molar-refractivity contribution in [1.29, 1.82) is 0 Å². The van der Waals surface area contributed by atoms with Gasteiger partial charge in [0.2, 0.25) is 0 Å². The molecule has 0 amide bonds. The van der Waals surface area contributed by atoms with Crippen LogP contribution >= 0.6 is 11.6 Å². The first-order chi connectivity index (χ1) is 8.66. The second-order valence-electron chi connectivity index (χ2n) is 4.31. The average Bonchev–Trinajstić information content (AvgIpc) is 2.37. The number of nitrogens with two attached hydrogens (primary N) is 1. The zero-order valence-electron chi connectivity index (χ0n) is 10.0. The SMILES string of the molecule is Nc1ccccc1[C@@H](O)CCc1cccc(Cl)c1. The van der Waals surface area contributed by atoms with E-state index >= 15 is 0 Å². The Bertz CT molecular complexity index is 527. The zero-order valence-corrected chi connectivity index (χ0v) is 10.8. The van der Waals surface area contributed by atoms with Crippen molar-refractivity contribution >= 4 is 17.3 Å². The highest BCUT2D eigenvalue weighted by molar-refractivity contribution is 6.30. The summed E-state index contributed by atoms with van der Waals surface area (Å²) in [5.41, 5.74) is 8.38. The molecule has 0 saturated carbocycles. The van der Waals surface area contributed by atoms with E-state index in [0.717, 1.165) is 22.6 Å². The monoisotopic (exact) mass is 261 g/mol. The number of para-hydroxylation sites is 1. The predicted molar refractivity (Wildman–Crippen MR) is 75.6 cm³/mol. The fourth-order valence-corrected chi connectivity index (χ4v) is 2.18. The number of rotatable bonds is 4. The van der Waals surface area contributed by atoms with Gasteiger partial charge in [0, 0.05) is 16.3 Å². The Kier molecular flexibility index (Phi) is 4.24. The lowest BCUT2D eigenvalue weighted by Gasteiger charge is -2.13. The number of hydrogen-bond donors (Lipinski definition) is 2. The molecule has 0 unspecified atom stereocenters. The first-order valence-electron chi connectivity index (χ1n) is 5.94. The highest BCUT2D eigenvalue weighted by Gasteiger charge is 2.10. The normalized spacial score (nSPS) is 12.3. The topological polar surface area (TPSA) is 46.2 Å². The molecule has 2 rings (SSSR count). The van der Waals surface area contributed by atoms with Crippen LogP contribution in [0.5, 0.6) is 0 Å². The third-order valence-corrected chi connectivity index (χ3v) is 3.19. The lowest BCUT2D eigenvalue weighted by molar-refractivity contribution is 0.168. The van der Waals surface area contributed by atoms with Gasteiger partial charge in [0.1, 0.15) is 0 Å². The first-order valence-corrected chi connectivity index (χ1v) is 6.31. The highest BCUT2D eigenvalue weighted by Crippen LogP contribution is 2.24. The van der Waals surface area contributed by atoms with Crippen molar-refractivity contribution < 1.29 is 5.11 Å². The van der Waals surface area contributed by atoms with Crippen molar-refractivity contribution in [2.24, 2.45) is 0 Å². The van der Waals surface area contributed by atoms with Gasteiger partial charge in [-0.2, -0.15) is 0 Å². The largest absolute Gasteiger partial charge is 0.398 e. The number of anilines is 1. The second-order valence-corrected chi connectivity index (χ2v) is 4.75. The molecule has 0 aliphatic heterocycles. The summed E-state index contributed by atoms with van der Waals surface area (Å²) in [6.45, 7) is 0. The van der Waals surface area contributed by atoms with Crippen LogP contribution < -0.4 is 5.73 Å². The number of halogens is 1. The molecule has 1 atom stereocenters. The lowest BCUT2D eigenvalue weighted by Crippen LogP contribution is -2.03. The number of nitrogen functional groups attached to an aromatic ring is 1. The van der Waals surface area contributed by atoms with E-state index in [0.29, 0.717) is 12.1 Å². The molecule has 2 nitrogen and oxygen atoms in total. The van der Waals surface area contributed by atoms with Gasteiger partial charge >= 0.3 is 0 Å². The Morgan fingerprint density at radius 2 is 1.89 bits per heavy atom. The molecule has 0 heterocycles. The van der Waals surface area contributed by atoms with Crippen molar-refractivity contribution in [1.82, 2.24) is 0 Å². The number of aliphatic hydroxyl groups excluding tert-OH is 1. The average molecular weight is 262 g/mol. The Labute approximate surface area is 112 Å². The van der Waals surface area contributed by atoms with Crippen LogP contribution in [0, 0.1) is 0 Å². The minimum atomic E-state index is -0.537. The summed E-state index contributed by atoms with van der Waals surface area (Å²) in [5, 5.41) is 10.8. The van der Waals surface area contributed by atoms with Gasteiger partial charge in [0.25, 0.3) is 0 Å². The third-order valence-electron chi connectivity index (χ3n) is 2.95. The van der Waals surface area contributed by atoms with Crippen molar-refractivity contribution in [3.05, 3.63) is 64.7 Å². The smallest absolute Gasteiger partial charge is 0.0813 e. The van der Waals surface area contributed by atoms with Crippen LogP contribution in [0.25, 0.3) is 0 Å². The minimum Gasteiger partial charge on any atom is -0.398 e. The Morgan fingerprint density at radius 3 is 2.61 bits per heavy atom. The highest BCUT2D eigenvalue weighted by atomic mass is 35.5. The Balaban J connectivity index is 2.00. The molecule has 0 radical (unpaired) electrons. The summed E-state index contributed by atoms with van der Waals surface area (Å²) >= 11 is 5.92. The lowest BCUT2D eigenvalue weighted by atomic mass is 10.0. The van der Waals surface area contributed by atoms with Crippen LogP contribution in [0.4, 0.5) is 5.69 Å². The van der Waals surface area contributed by atoms with Gasteiger partial charge in [-0.25, -0.2) is 0 Å². The van der Waals surface area contributed by atoms with Crippen LogP contribution in [0.1, 0.15) is 23.7 Å². The van der Waals surface area contributed by atoms with Crippen molar-refractivity contribution in [3.63, 3.8) is 0 Å². The number of hydrogen-bond acceptors (Lipinski definition) is 2. The predicted octanol–water partition coefficient (Wildman–Crippen LogP) is 3.59. The molecule has 94 valence electrons. The van der Waals surface area contributed by atoms with Crippen molar-refractivity contribution in [2.75, 3.05) is 5.73 Å². The number of aliphatic hydroxyl groups is 1. The third kappa shape index (κ3) is 3.25. The standard InChI is InChI=1S/C15H16ClNO/c16-12-5-3-4-11(10-12)8-9-15(18)13-6-1-2-7-14(13)17/h1-7,10,15,18H,8-9,17H2/t15-/m0/s1. The molecule has 18 heavy (non-hydrogen) atoms. The molecule has 0 saturated heterocycles. The quantitative estimate of drug-likeness (QED) is 0.827. The van der Waals surface area contributed by atoms with Gasteiger partial charge in [-0.05, 0) is 36.6 Å². The van der Waals surface area contributed by atoms with E-state index in [9.17, 15) is 5.11 Å². The van der Waals surface area contributed by atoms with E-state index in [2.05, 4.69) is 0 Å². The molecular formula is C15H16ClNO. The first kappa shape index (κ1) is 12.9. The Hall–Kier alpha value is -1.51. The minimum absolute atomic E-state index is 0.537. The molecule has 0 aliphatic carbocycles. The molecule has 0 aromatic heterocycles. The summed E-state index contributed by atoms with van der Waals surface area (Å²) in [7, 11) is 0. The van der Waals surface area contributed by atoms with E-state index in [4.69, 9.17) is 17.3 Å². The number of benzene rings is 2. The van der Waals surface area contributed by atoms with Crippen LogP contribution in [0.3, 0.4) is 0 Å². The molecular weight excluding hydrogens is 246 g/mol. The van der Waals surface area contributed by atoms with Gasteiger partial charge in [-0.15, -0.1) is 0 Å². The fraction of sp³-hybridized carbons (Fsp3) is 0.200. The van der Waals surface area contributed by atoms with E-state index in [1.54, 1.807) is 6.07 Å². The molecule has 0 bridgehead atoms. The van der Waals surface area contributed by atoms with Crippen LogP contribution in [-0.4, -0.2) is 5.11 Å². The van der Waals surface area contributed by atoms with Crippen LogP contribution in [-0.2, 0) is 6.42 Å². The number of aryl methyl sites for hydroxylation is 1. The summed E-state index contributed by atoms with van der Waals surface area (Å²) in [6.07, 6.45) is 0.870. The molecule has 0 aliphatic rings. The maximum Gasteiger partial charge on any atom is 0.0813 e. The van der Waals surface area contributed by atoms with E-state index in [-0.39, 0.29) is 0 Å². The van der Waals surface area contributed by atoms with Gasteiger partial charge < -0.3 is 10.8 Å². The summed E-state index contributed by atoms with van der Waals surface area (Å²) in [6, 6.07) is 15.1. The second kappa shape index (κ2) is 5.89. The fourth-order valence-electron chi connectivity index (χ4n) is 1.97. The van der Waals surface area contributed by atoms with Gasteiger partial charge in [-0.3, -0.25) is 0 Å². The van der Waals surface area contributed by atoms with Gasteiger partial charge in [-0.1, -0.05) is 41.9 Å². The van der Waals surface area contributed by atoms with E-state index in [1.165, 1.54) is 0 Å². The molecule has 2 aromatic rings. The zero-order chi connectivity index (χ0) is 13.0. The maximum absolute atomic E-state index is 10.1. The summed E-state index contributed by atoms with van der Waals surface area (Å²) < 4.78 is 0. The van der Waals surface area contributed by atoms with Gasteiger partial charge in [0.15, 0.2) is 0 Å². The van der Waals surface area contributed by atoms with E-state index in [1.807, 2.05) is 42.5 Å². The molecule has 2 aromatic carbocycles. The Morgan fingerprint density at radius 1 is 1.11 bits per heavy atom. The van der Waals surface area contributed by atoms with Gasteiger partial charge in [0.05, 0.1) is 6.10 Å². The summed E-state index contributed by atoms with van der Waals surface area (Å²) in [5.74, 6) is 0. The van der Waals surface area contributed by atoms with Crippen LogP contribution in [0.15, 0.2) is 48.5 Å².